The lowest BCUT2D eigenvalue weighted by Gasteiger charge is -2.18. The lowest BCUT2D eigenvalue weighted by Crippen LogP contribution is -2.39. The van der Waals surface area contributed by atoms with Crippen LogP contribution in [0.2, 0.25) is 0 Å². The van der Waals surface area contributed by atoms with Crippen molar-refractivity contribution in [2.75, 3.05) is 39.4 Å². The highest BCUT2D eigenvalue weighted by Gasteiger charge is 2.08. The fourth-order valence-electron chi connectivity index (χ4n) is 1.96. The van der Waals surface area contributed by atoms with E-state index in [0.29, 0.717) is 26.3 Å². The van der Waals surface area contributed by atoms with E-state index in [1.165, 1.54) is 0 Å². The number of hydrogen-bond acceptors (Lipinski definition) is 4. The maximum absolute atomic E-state index is 11.8. The minimum atomic E-state index is 0.120. The van der Waals surface area contributed by atoms with E-state index in [9.17, 15) is 4.79 Å². The molecule has 0 aliphatic rings. The van der Waals surface area contributed by atoms with Crippen LogP contribution in [-0.2, 0) is 4.79 Å². The number of carbonyl (C=O) groups is 1. The third-order valence-corrected chi connectivity index (χ3v) is 3.08. The standard InChI is InChI=1S/C16H26N2O3/c1-4-18(5-2)16(19)13-17-11-12-21-15-10-8-7-9-14(15)20-6-3/h7-10,17H,4-6,11-13H2,1-3H3. The van der Waals surface area contributed by atoms with Gasteiger partial charge in [-0.3, -0.25) is 4.79 Å². The number of carbonyl (C=O) groups excluding carboxylic acids is 1. The maximum Gasteiger partial charge on any atom is 0.236 e. The summed E-state index contributed by atoms with van der Waals surface area (Å²) in [5.41, 5.74) is 0. The molecule has 0 heterocycles. The Bertz CT molecular complexity index is 420. The van der Waals surface area contributed by atoms with Gasteiger partial charge in [-0.15, -0.1) is 0 Å². The second kappa shape index (κ2) is 10.0. The van der Waals surface area contributed by atoms with Crippen LogP contribution in [0, 0.1) is 0 Å². The molecule has 1 amide bonds. The molecule has 0 saturated heterocycles. The van der Waals surface area contributed by atoms with Gasteiger partial charge in [-0.05, 0) is 32.9 Å². The zero-order chi connectivity index (χ0) is 15.5. The summed E-state index contributed by atoms with van der Waals surface area (Å²) in [4.78, 5) is 13.6. The Morgan fingerprint density at radius 2 is 1.71 bits per heavy atom. The van der Waals surface area contributed by atoms with Gasteiger partial charge < -0.3 is 19.7 Å². The van der Waals surface area contributed by atoms with Crippen LogP contribution in [0.1, 0.15) is 20.8 Å². The van der Waals surface area contributed by atoms with Gasteiger partial charge in [0.2, 0.25) is 5.91 Å². The number of nitrogens with one attached hydrogen (secondary N) is 1. The summed E-state index contributed by atoms with van der Waals surface area (Å²) in [7, 11) is 0. The highest BCUT2D eigenvalue weighted by molar-refractivity contribution is 5.78. The van der Waals surface area contributed by atoms with Crippen molar-refractivity contribution in [3.8, 4) is 11.5 Å². The van der Waals surface area contributed by atoms with Crippen LogP contribution in [0.4, 0.5) is 0 Å². The second-order valence-electron chi connectivity index (χ2n) is 4.47. The molecule has 0 bridgehead atoms. The minimum absolute atomic E-state index is 0.120. The van der Waals surface area contributed by atoms with E-state index in [-0.39, 0.29) is 5.91 Å². The second-order valence-corrected chi connectivity index (χ2v) is 4.47. The monoisotopic (exact) mass is 294 g/mol. The van der Waals surface area contributed by atoms with Crippen LogP contribution in [0.3, 0.4) is 0 Å². The van der Waals surface area contributed by atoms with Crippen molar-refractivity contribution in [3.63, 3.8) is 0 Å². The normalized spacial score (nSPS) is 10.2. The molecule has 1 aromatic rings. The van der Waals surface area contributed by atoms with Crippen LogP contribution in [0.15, 0.2) is 24.3 Å². The Kier molecular flexibility index (Phi) is 8.28. The highest BCUT2D eigenvalue weighted by Crippen LogP contribution is 2.25. The van der Waals surface area contributed by atoms with Crippen molar-refractivity contribution in [1.82, 2.24) is 10.2 Å². The Labute approximate surface area is 127 Å². The average Bonchev–Trinajstić information content (AvgIpc) is 2.50. The van der Waals surface area contributed by atoms with E-state index in [1.54, 1.807) is 4.90 Å². The van der Waals surface area contributed by atoms with Crippen LogP contribution < -0.4 is 14.8 Å². The Morgan fingerprint density at radius 1 is 1.10 bits per heavy atom. The van der Waals surface area contributed by atoms with Crippen molar-refractivity contribution in [2.24, 2.45) is 0 Å². The molecule has 118 valence electrons. The van der Waals surface area contributed by atoms with Crippen molar-refractivity contribution in [1.29, 1.82) is 0 Å². The van der Waals surface area contributed by atoms with Crippen molar-refractivity contribution in [3.05, 3.63) is 24.3 Å². The van der Waals surface area contributed by atoms with Gasteiger partial charge in [-0.25, -0.2) is 0 Å². The van der Waals surface area contributed by atoms with E-state index >= 15 is 0 Å². The van der Waals surface area contributed by atoms with Crippen molar-refractivity contribution < 1.29 is 14.3 Å². The largest absolute Gasteiger partial charge is 0.490 e. The first kappa shape index (κ1) is 17.3. The molecule has 1 rings (SSSR count). The summed E-state index contributed by atoms with van der Waals surface area (Å²) < 4.78 is 11.2. The lowest BCUT2D eigenvalue weighted by atomic mass is 10.3. The van der Waals surface area contributed by atoms with Gasteiger partial charge >= 0.3 is 0 Å². The summed E-state index contributed by atoms with van der Waals surface area (Å²) in [6.45, 7) is 9.46. The molecular weight excluding hydrogens is 268 g/mol. The lowest BCUT2D eigenvalue weighted by molar-refractivity contribution is -0.129. The molecule has 1 aromatic carbocycles. The molecule has 21 heavy (non-hydrogen) atoms. The van der Waals surface area contributed by atoms with Gasteiger partial charge in [-0.2, -0.15) is 0 Å². The third kappa shape index (κ3) is 6.04. The van der Waals surface area contributed by atoms with Crippen molar-refractivity contribution in [2.45, 2.75) is 20.8 Å². The molecule has 0 fully saturated rings. The number of nitrogens with zero attached hydrogens (tertiary/aromatic N) is 1. The molecule has 1 N–H and O–H groups in total. The molecule has 0 aliphatic heterocycles. The van der Waals surface area contributed by atoms with E-state index in [2.05, 4.69) is 5.32 Å². The molecule has 0 unspecified atom stereocenters. The fraction of sp³-hybridized carbons (Fsp3) is 0.562. The first-order valence-electron chi connectivity index (χ1n) is 7.56. The molecule has 0 spiro atoms. The first-order valence-corrected chi connectivity index (χ1v) is 7.56. The zero-order valence-electron chi connectivity index (χ0n) is 13.2. The van der Waals surface area contributed by atoms with Gasteiger partial charge in [0.15, 0.2) is 11.5 Å². The van der Waals surface area contributed by atoms with Gasteiger partial charge in [0.1, 0.15) is 6.61 Å². The highest BCUT2D eigenvalue weighted by atomic mass is 16.5. The maximum atomic E-state index is 11.8. The smallest absolute Gasteiger partial charge is 0.236 e. The molecule has 0 saturated carbocycles. The first-order chi connectivity index (χ1) is 10.2. The number of para-hydroxylation sites is 2. The minimum Gasteiger partial charge on any atom is -0.490 e. The molecule has 0 aliphatic carbocycles. The molecule has 5 nitrogen and oxygen atoms in total. The quantitative estimate of drug-likeness (QED) is 0.670. The average molecular weight is 294 g/mol. The van der Waals surface area contributed by atoms with Crippen LogP contribution >= 0.6 is 0 Å². The fourth-order valence-corrected chi connectivity index (χ4v) is 1.96. The van der Waals surface area contributed by atoms with Crippen LogP contribution in [-0.4, -0.2) is 50.2 Å². The number of ether oxygens (including phenoxy) is 2. The summed E-state index contributed by atoms with van der Waals surface area (Å²) >= 11 is 0. The predicted octanol–water partition coefficient (Wildman–Crippen LogP) is 1.92. The van der Waals surface area contributed by atoms with Gasteiger partial charge in [0.05, 0.1) is 13.2 Å². The number of rotatable bonds is 10. The van der Waals surface area contributed by atoms with Gasteiger partial charge in [0, 0.05) is 19.6 Å². The number of benzene rings is 1. The van der Waals surface area contributed by atoms with Gasteiger partial charge in [0.25, 0.3) is 0 Å². The number of hydrogen-bond donors (Lipinski definition) is 1. The van der Waals surface area contributed by atoms with Gasteiger partial charge in [-0.1, -0.05) is 12.1 Å². The molecule has 0 atom stereocenters. The summed E-state index contributed by atoms with van der Waals surface area (Å²) in [6, 6.07) is 7.59. The summed E-state index contributed by atoms with van der Waals surface area (Å²) in [5.74, 6) is 1.60. The molecule has 0 radical (unpaired) electrons. The topological polar surface area (TPSA) is 50.8 Å². The van der Waals surface area contributed by atoms with E-state index in [4.69, 9.17) is 9.47 Å². The van der Waals surface area contributed by atoms with Crippen LogP contribution in [0.5, 0.6) is 11.5 Å². The summed E-state index contributed by atoms with van der Waals surface area (Å²) in [5, 5.41) is 3.10. The molecule has 0 aromatic heterocycles. The van der Waals surface area contributed by atoms with Crippen molar-refractivity contribution >= 4 is 5.91 Å². The summed E-state index contributed by atoms with van der Waals surface area (Å²) in [6.07, 6.45) is 0. The third-order valence-electron chi connectivity index (χ3n) is 3.08. The Hall–Kier alpha value is -1.75. The Morgan fingerprint density at radius 3 is 2.29 bits per heavy atom. The molecular formula is C16H26N2O3. The SMILES string of the molecule is CCOc1ccccc1OCCNCC(=O)N(CC)CC. The van der Waals surface area contributed by atoms with Crippen LogP contribution in [0.25, 0.3) is 0 Å². The van der Waals surface area contributed by atoms with E-state index in [0.717, 1.165) is 24.6 Å². The molecule has 5 heteroatoms. The Balaban J connectivity index is 2.27. The predicted molar refractivity (Wildman–Crippen MR) is 83.9 cm³/mol. The van der Waals surface area contributed by atoms with E-state index < -0.39 is 0 Å². The zero-order valence-corrected chi connectivity index (χ0v) is 13.2. The van der Waals surface area contributed by atoms with E-state index in [1.807, 2.05) is 45.0 Å². The number of likely N-dealkylation sites (N-methyl/N-ethyl adjacent to an activating group) is 1. The number of amides is 1.